The van der Waals surface area contributed by atoms with E-state index in [1.165, 1.54) is 0 Å². The number of carbonyl (C=O) groups excluding carboxylic acids is 1. The second-order valence-corrected chi connectivity index (χ2v) is 7.64. The first-order valence-corrected chi connectivity index (χ1v) is 9.79. The maximum Gasteiger partial charge on any atom is 0.234 e. The third kappa shape index (κ3) is 4.42. The van der Waals surface area contributed by atoms with Crippen LogP contribution in [0.4, 0.5) is 0 Å². The van der Waals surface area contributed by atoms with Crippen LogP contribution in [-0.4, -0.2) is 73.8 Å². The van der Waals surface area contributed by atoms with Gasteiger partial charge in [-0.2, -0.15) is 5.10 Å². The summed E-state index contributed by atoms with van der Waals surface area (Å²) in [5.74, 6) is 0.998. The molecule has 0 radical (unpaired) electrons. The van der Waals surface area contributed by atoms with Gasteiger partial charge in [-0.25, -0.2) is 4.68 Å². The van der Waals surface area contributed by atoms with Gasteiger partial charge in [0.15, 0.2) is 10.6 Å². The Morgan fingerprint density at radius 2 is 1.85 bits per heavy atom. The smallest absolute Gasteiger partial charge is 0.234 e. The van der Waals surface area contributed by atoms with E-state index in [1.54, 1.807) is 12.4 Å². The van der Waals surface area contributed by atoms with Crippen molar-refractivity contribution in [3.63, 3.8) is 0 Å². The number of rotatable bonds is 6. The summed E-state index contributed by atoms with van der Waals surface area (Å²) in [6, 6.07) is 4.30. The van der Waals surface area contributed by atoms with Gasteiger partial charge in [-0.05, 0) is 37.2 Å². The number of aromatic nitrogens is 4. The predicted octanol–water partition coefficient (Wildman–Crippen LogP) is 0.867. The highest BCUT2D eigenvalue weighted by Gasteiger charge is 2.25. The second-order valence-electron chi connectivity index (χ2n) is 7.28. The van der Waals surface area contributed by atoms with E-state index in [0.29, 0.717) is 24.0 Å². The molecule has 144 valence electrons. The molecule has 1 amide bonds. The summed E-state index contributed by atoms with van der Waals surface area (Å²) < 4.78 is 4.51. The summed E-state index contributed by atoms with van der Waals surface area (Å²) in [6.45, 7) is 4.74. The van der Waals surface area contributed by atoms with E-state index in [0.717, 1.165) is 50.4 Å². The highest BCUT2D eigenvalue weighted by Crippen LogP contribution is 2.18. The van der Waals surface area contributed by atoms with Crippen LogP contribution in [0.25, 0.3) is 11.4 Å². The van der Waals surface area contributed by atoms with Crippen LogP contribution in [0.5, 0.6) is 0 Å². The molecule has 1 saturated heterocycles. The Labute approximate surface area is 163 Å². The van der Waals surface area contributed by atoms with E-state index in [1.807, 2.05) is 28.4 Å². The van der Waals surface area contributed by atoms with Crippen molar-refractivity contribution >= 4 is 18.1 Å². The number of carbonyl (C=O) groups is 1. The quantitative estimate of drug-likeness (QED) is 0.742. The zero-order valence-corrected chi connectivity index (χ0v) is 16.4. The van der Waals surface area contributed by atoms with Crippen LogP contribution >= 0.6 is 12.2 Å². The van der Waals surface area contributed by atoms with Crippen LogP contribution in [0.15, 0.2) is 24.5 Å². The van der Waals surface area contributed by atoms with Gasteiger partial charge in [0.05, 0.1) is 13.2 Å². The molecule has 2 fully saturated rings. The lowest BCUT2D eigenvalue weighted by Gasteiger charge is -2.33. The topological polar surface area (TPSA) is 71.2 Å². The summed E-state index contributed by atoms with van der Waals surface area (Å²) >= 11 is 5.57. The van der Waals surface area contributed by atoms with Gasteiger partial charge in [-0.15, -0.1) is 0 Å². The molecule has 0 unspecified atom stereocenters. The molecular weight excluding hydrogens is 362 g/mol. The van der Waals surface area contributed by atoms with Crippen LogP contribution in [-0.2, 0) is 18.5 Å². The SMILES string of the molecule is Cn1c(-c2ccncc2)nn(CN2CCN(CC(=O)NC3CC3)CC2)c1=S. The molecular formula is C18H25N7OS. The summed E-state index contributed by atoms with van der Waals surface area (Å²) in [6.07, 6.45) is 5.78. The number of pyridine rings is 1. The van der Waals surface area contributed by atoms with Gasteiger partial charge < -0.3 is 9.88 Å². The van der Waals surface area contributed by atoms with Crippen molar-refractivity contribution in [3.8, 4) is 11.4 Å². The van der Waals surface area contributed by atoms with E-state index in [2.05, 4.69) is 20.1 Å². The van der Waals surface area contributed by atoms with Gasteiger partial charge in [-0.1, -0.05) is 0 Å². The molecule has 1 aliphatic heterocycles. The average molecular weight is 388 g/mol. The normalized spacial score (nSPS) is 18.6. The lowest BCUT2D eigenvalue weighted by molar-refractivity contribution is -0.122. The van der Waals surface area contributed by atoms with Gasteiger partial charge in [0.2, 0.25) is 5.91 Å². The maximum absolute atomic E-state index is 12.0. The van der Waals surface area contributed by atoms with Crippen LogP contribution < -0.4 is 5.32 Å². The molecule has 3 heterocycles. The molecule has 1 N–H and O–H groups in total. The molecule has 8 nitrogen and oxygen atoms in total. The monoisotopic (exact) mass is 387 g/mol. The Balaban J connectivity index is 1.34. The van der Waals surface area contributed by atoms with Crippen LogP contribution in [0.3, 0.4) is 0 Å². The second kappa shape index (κ2) is 7.87. The van der Waals surface area contributed by atoms with Crippen molar-refractivity contribution < 1.29 is 4.79 Å². The molecule has 0 spiro atoms. The Bertz CT molecular complexity index is 850. The standard InChI is InChI=1S/C18H25N7OS/c1-22-17(14-4-6-19-7-5-14)21-25(18(22)27)13-24-10-8-23(9-11-24)12-16(26)20-15-2-3-15/h4-7,15H,2-3,8-13H2,1H3,(H,20,26). The van der Waals surface area contributed by atoms with Crippen molar-refractivity contribution in [1.29, 1.82) is 0 Å². The minimum absolute atomic E-state index is 0.153. The molecule has 0 aromatic carbocycles. The molecule has 0 atom stereocenters. The summed E-state index contributed by atoms with van der Waals surface area (Å²) in [5, 5.41) is 7.76. The zero-order chi connectivity index (χ0) is 18.8. The number of nitrogens with one attached hydrogen (secondary N) is 1. The van der Waals surface area contributed by atoms with Crippen LogP contribution in [0.1, 0.15) is 12.8 Å². The van der Waals surface area contributed by atoms with E-state index in [9.17, 15) is 4.79 Å². The lowest BCUT2D eigenvalue weighted by atomic mass is 10.2. The van der Waals surface area contributed by atoms with Crippen molar-refractivity contribution in [1.82, 2.24) is 34.4 Å². The molecule has 0 bridgehead atoms. The third-order valence-electron chi connectivity index (χ3n) is 5.09. The first-order valence-electron chi connectivity index (χ1n) is 9.38. The van der Waals surface area contributed by atoms with Gasteiger partial charge in [0, 0.05) is 57.2 Å². The average Bonchev–Trinajstić information content (AvgIpc) is 3.45. The first kappa shape index (κ1) is 18.3. The largest absolute Gasteiger partial charge is 0.352 e. The van der Waals surface area contributed by atoms with E-state index >= 15 is 0 Å². The number of piperazine rings is 1. The Kier molecular flexibility index (Phi) is 5.33. The molecule has 9 heteroatoms. The van der Waals surface area contributed by atoms with Gasteiger partial charge in [0.25, 0.3) is 0 Å². The highest BCUT2D eigenvalue weighted by molar-refractivity contribution is 7.71. The molecule has 2 aromatic rings. The van der Waals surface area contributed by atoms with E-state index in [4.69, 9.17) is 17.3 Å². The highest BCUT2D eigenvalue weighted by atomic mass is 32.1. The number of hydrogen-bond donors (Lipinski definition) is 1. The van der Waals surface area contributed by atoms with Crippen molar-refractivity contribution in [2.75, 3.05) is 32.7 Å². The summed E-state index contributed by atoms with van der Waals surface area (Å²) in [4.78, 5) is 20.6. The van der Waals surface area contributed by atoms with Crippen molar-refractivity contribution in [2.45, 2.75) is 25.6 Å². The molecule has 2 aromatic heterocycles. The minimum Gasteiger partial charge on any atom is -0.352 e. The van der Waals surface area contributed by atoms with E-state index < -0.39 is 0 Å². The minimum atomic E-state index is 0.153. The number of hydrogen-bond acceptors (Lipinski definition) is 6. The zero-order valence-electron chi connectivity index (χ0n) is 15.5. The van der Waals surface area contributed by atoms with Crippen molar-refractivity contribution in [3.05, 3.63) is 29.3 Å². The summed E-state index contributed by atoms with van der Waals surface area (Å²) in [5.41, 5.74) is 1.00. The lowest BCUT2D eigenvalue weighted by Crippen LogP contribution is -2.49. The molecule has 1 saturated carbocycles. The first-order chi connectivity index (χ1) is 13.1. The van der Waals surface area contributed by atoms with Crippen LogP contribution in [0.2, 0.25) is 0 Å². The van der Waals surface area contributed by atoms with Crippen LogP contribution in [0, 0.1) is 4.77 Å². The summed E-state index contributed by atoms with van der Waals surface area (Å²) in [7, 11) is 1.94. The molecule has 27 heavy (non-hydrogen) atoms. The fourth-order valence-corrected chi connectivity index (χ4v) is 3.50. The van der Waals surface area contributed by atoms with Gasteiger partial charge in [-0.3, -0.25) is 19.6 Å². The molecule has 2 aliphatic rings. The Hall–Kier alpha value is -2.10. The number of amides is 1. The Morgan fingerprint density at radius 1 is 1.19 bits per heavy atom. The van der Waals surface area contributed by atoms with Crippen molar-refractivity contribution in [2.24, 2.45) is 7.05 Å². The predicted molar refractivity (Wildman–Crippen MR) is 104 cm³/mol. The maximum atomic E-state index is 12.0. The fraction of sp³-hybridized carbons (Fsp3) is 0.556. The van der Waals surface area contributed by atoms with Gasteiger partial charge >= 0.3 is 0 Å². The Morgan fingerprint density at radius 3 is 2.52 bits per heavy atom. The molecule has 1 aliphatic carbocycles. The molecule has 4 rings (SSSR count). The van der Waals surface area contributed by atoms with E-state index in [-0.39, 0.29) is 5.91 Å². The fourth-order valence-electron chi connectivity index (χ4n) is 3.31. The van der Waals surface area contributed by atoms with Gasteiger partial charge in [0.1, 0.15) is 0 Å². The third-order valence-corrected chi connectivity index (χ3v) is 5.57. The number of nitrogens with zero attached hydrogens (tertiary/aromatic N) is 6.